The molecular weight excluding hydrogens is 626 g/mol. The van der Waals surface area contributed by atoms with E-state index in [2.05, 4.69) is 25.9 Å². The predicted octanol–water partition coefficient (Wildman–Crippen LogP) is -3.79. The number of aliphatic carboxylic acids is 1. The molecular formula is C29H57N13O6. The standard InChI is InChI=1S/C29H57N13O6/c30-13-5-10-20(24(44)41-21(27(47)48)11-6-16-39-29(35)36)40-25(45)22-12-7-17-42(22)26(46)19(32)9-2-3-14-37-23(43)18(31)8-1-4-15-38-28(33)34/h18-22H,1-17,30-32H2,(H,37,43)(H,40,45)(H,41,44)(H,47,48)(H4,33,34,38)(H4,35,36,39)/t18?,19-,20-,21-,22-/m0/s1. The van der Waals surface area contributed by atoms with Crippen molar-refractivity contribution in [3.05, 3.63) is 0 Å². The zero-order valence-electron chi connectivity index (χ0n) is 27.8. The molecule has 1 rings (SSSR count). The van der Waals surface area contributed by atoms with Gasteiger partial charge >= 0.3 is 5.97 Å². The van der Waals surface area contributed by atoms with Gasteiger partial charge in [0.15, 0.2) is 11.9 Å². The average molecular weight is 684 g/mol. The number of amides is 4. The lowest BCUT2D eigenvalue weighted by Gasteiger charge is -2.28. The van der Waals surface area contributed by atoms with Gasteiger partial charge in [0.2, 0.25) is 23.6 Å². The lowest BCUT2D eigenvalue weighted by molar-refractivity contribution is -0.143. The van der Waals surface area contributed by atoms with Gasteiger partial charge in [-0.05, 0) is 83.6 Å². The molecule has 19 nitrogen and oxygen atoms in total. The van der Waals surface area contributed by atoms with Gasteiger partial charge in [-0.2, -0.15) is 0 Å². The van der Waals surface area contributed by atoms with Gasteiger partial charge in [0, 0.05) is 26.2 Å². The summed E-state index contributed by atoms with van der Waals surface area (Å²) in [7, 11) is 0. The van der Waals surface area contributed by atoms with E-state index in [9.17, 15) is 29.1 Å². The molecule has 18 N–H and O–H groups in total. The predicted molar refractivity (Wildman–Crippen MR) is 182 cm³/mol. The summed E-state index contributed by atoms with van der Waals surface area (Å²) in [6, 6.07) is -4.60. The number of hydrogen-bond donors (Lipinski definition) is 11. The first-order chi connectivity index (χ1) is 22.8. The maximum atomic E-state index is 13.3. The lowest BCUT2D eigenvalue weighted by atomic mass is 10.1. The van der Waals surface area contributed by atoms with Crippen LogP contribution in [0.25, 0.3) is 0 Å². The third-order valence-electron chi connectivity index (χ3n) is 7.84. The molecule has 1 aliphatic heterocycles. The summed E-state index contributed by atoms with van der Waals surface area (Å²) < 4.78 is 0. The zero-order chi connectivity index (χ0) is 36.1. The van der Waals surface area contributed by atoms with Crippen molar-refractivity contribution in [2.75, 3.05) is 32.7 Å². The van der Waals surface area contributed by atoms with Crippen LogP contribution in [0.2, 0.25) is 0 Å². The fraction of sp³-hybridized carbons (Fsp3) is 0.759. The van der Waals surface area contributed by atoms with E-state index >= 15 is 0 Å². The van der Waals surface area contributed by atoms with Gasteiger partial charge in [0.25, 0.3) is 0 Å². The summed E-state index contributed by atoms with van der Waals surface area (Å²) in [5.74, 6) is -3.18. The lowest BCUT2D eigenvalue weighted by Crippen LogP contribution is -2.56. The van der Waals surface area contributed by atoms with Crippen LogP contribution in [0.3, 0.4) is 0 Å². The Morgan fingerprint density at radius 2 is 1.35 bits per heavy atom. The third kappa shape index (κ3) is 16.6. The van der Waals surface area contributed by atoms with Crippen molar-refractivity contribution in [2.45, 2.75) is 107 Å². The Hall–Kier alpha value is -4.23. The van der Waals surface area contributed by atoms with Gasteiger partial charge in [0.1, 0.15) is 18.1 Å². The van der Waals surface area contributed by atoms with Gasteiger partial charge in [-0.15, -0.1) is 0 Å². The molecule has 1 aliphatic rings. The molecule has 4 amide bonds. The van der Waals surface area contributed by atoms with E-state index in [1.165, 1.54) is 4.90 Å². The minimum atomic E-state index is -1.24. The molecule has 0 saturated carbocycles. The Morgan fingerprint density at radius 1 is 0.750 bits per heavy atom. The average Bonchev–Trinajstić information content (AvgIpc) is 3.53. The first-order valence-corrected chi connectivity index (χ1v) is 16.5. The van der Waals surface area contributed by atoms with Crippen LogP contribution in [0.15, 0.2) is 9.98 Å². The van der Waals surface area contributed by atoms with E-state index < -0.39 is 48.0 Å². The van der Waals surface area contributed by atoms with Gasteiger partial charge in [0.05, 0.1) is 12.1 Å². The number of nitrogens with two attached hydrogens (primary N) is 7. The number of likely N-dealkylation sites (tertiary alicyclic amines) is 1. The normalized spacial score (nSPS) is 16.6. The van der Waals surface area contributed by atoms with Crippen molar-refractivity contribution in [2.24, 2.45) is 50.1 Å². The number of carbonyl (C=O) groups excluding carboxylic acids is 4. The first-order valence-electron chi connectivity index (χ1n) is 16.5. The second-order valence-electron chi connectivity index (χ2n) is 11.8. The number of carboxylic acids is 1. The topological polar surface area (TPSA) is 352 Å². The fourth-order valence-corrected chi connectivity index (χ4v) is 5.18. The van der Waals surface area contributed by atoms with Crippen LogP contribution in [-0.2, 0) is 24.0 Å². The van der Waals surface area contributed by atoms with E-state index in [1.807, 2.05) is 0 Å². The van der Waals surface area contributed by atoms with Gasteiger partial charge in [-0.25, -0.2) is 4.79 Å². The summed E-state index contributed by atoms with van der Waals surface area (Å²) in [4.78, 5) is 72.7. The minimum Gasteiger partial charge on any atom is -0.480 e. The first kappa shape index (κ1) is 41.8. The Bertz CT molecular complexity index is 1100. The van der Waals surface area contributed by atoms with Crippen molar-refractivity contribution in [1.82, 2.24) is 20.9 Å². The maximum absolute atomic E-state index is 13.3. The molecule has 0 spiro atoms. The summed E-state index contributed by atoms with van der Waals surface area (Å²) in [5, 5.41) is 17.5. The van der Waals surface area contributed by atoms with Crippen molar-refractivity contribution in [3.63, 3.8) is 0 Å². The Labute approximate surface area is 281 Å². The molecule has 1 saturated heterocycles. The number of hydrogen-bond acceptors (Lipinski definition) is 10. The van der Waals surface area contributed by atoms with Gasteiger partial charge in [-0.3, -0.25) is 29.2 Å². The molecule has 0 radical (unpaired) electrons. The van der Waals surface area contributed by atoms with E-state index in [0.717, 1.165) is 0 Å². The SMILES string of the molecule is NCCC[C@H](NC(=O)[C@@H]1CCCN1C(=O)[C@@H](N)CCCCNC(=O)C(N)CCCCN=C(N)N)C(=O)N[C@@H](CCCN=C(N)N)C(=O)O. The molecule has 1 unspecified atom stereocenters. The Balaban J connectivity index is 2.60. The smallest absolute Gasteiger partial charge is 0.326 e. The van der Waals surface area contributed by atoms with Crippen LogP contribution in [0.4, 0.5) is 0 Å². The third-order valence-corrected chi connectivity index (χ3v) is 7.84. The number of carboxylic acid groups (broad SMARTS) is 1. The van der Waals surface area contributed by atoms with Crippen LogP contribution in [-0.4, -0.2) is 114 Å². The van der Waals surface area contributed by atoms with Crippen LogP contribution in [0.1, 0.15) is 77.0 Å². The van der Waals surface area contributed by atoms with E-state index in [-0.39, 0.29) is 49.7 Å². The van der Waals surface area contributed by atoms with Gasteiger partial charge < -0.3 is 66.1 Å². The second kappa shape index (κ2) is 23.2. The molecule has 19 heteroatoms. The quantitative estimate of drug-likeness (QED) is 0.0264. The molecule has 0 aromatic heterocycles. The number of guanidine groups is 2. The highest BCUT2D eigenvalue weighted by atomic mass is 16.4. The number of carbonyl (C=O) groups is 5. The molecule has 5 atom stereocenters. The highest BCUT2D eigenvalue weighted by Crippen LogP contribution is 2.20. The Kier molecular flexibility index (Phi) is 20.2. The van der Waals surface area contributed by atoms with Crippen LogP contribution in [0.5, 0.6) is 0 Å². The maximum Gasteiger partial charge on any atom is 0.326 e. The molecule has 274 valence electrons. The van der Waals surface area contributed by atoms with E-state index in [1.54, 1.807) is 0 Å². The summed E-state index contributed by atoms with van der Waals surface area (Å²) in [6.07, 6.45) is 5.31. The number of unbranched alkanes of at least 4 members (excludes halogenated alkanes) is 2. The number of nitrogens with one attached hydrogen (secondary N) is 3. The summed E-state index contributed by atoms with van der Waals surface area (Å²) in [6.45, 7) is 1.63. The van der Waals surface area contributed by atoms with Crippen molar-refractivity contribution in [3.8, 4) is 0 Å². The fourth-order valence-electron chi connectivity index (χ4n) is 5.18. The zero-order valence-corrected chi connectivity index (χ0v) is 27.8. The summed E-state index contributed by atoms with van der Waals surface area (Å²) >= 11 is 0. The van der Waals surface area contributed by atoms with Crippen LogP contribution in [0, 0.1) is 0 Å². The molecule has 48 heavy (non-hydrogen) atoms. The van der Waals surface area contributed by atoms with Crippen molar-refractivity contribution < 1.29 is 29.1 Å². The van der Waals surface area contributed by atoms with Crippen LogP contribution >= 0.6 is 0 Å². The van der Waals surface area contributed by atoms with E-state index in [4.69, 9.17) is 40.1 Å². The molecule has 0 aliphatic carbocycles. The minimum absolute atomic E-state index is 0.0248. The second-order valence-corrected chi connectivity index (χ2v) is 11.8. The number of rotatable bonds is 24. The molecule has 0 aromatic rings. The van der Waals surface area contributed by atoms with Gasteiger partial charge in [-0.1, -0.05) is 0 Å². The van der Waals surface area contributed by atoms with Crippen molar-refractivity contribution in [1.29, 1.82) is 0 Å². The molecule has 0 bridgehead atoms. The summed E-state index contributed by atoms with van der Waals surface area (Å²) in [5.41, 5.74) is 38.9. The molecule has 1 fully saturated rings. The van der Waals surface area contributed by atoms with E-state index in [0.29, 0.717) is 83.8 Å². The van der Waals surface area contributed by atoms with Crippen molar-refractivity contribution >= 4 is 41.5 Å². The largest absolute Gasteiger partial charge is 0.480 e. The van der Waals surface area contributed by atoms with Crippen LogP contribution < -0.4 is 56.1 Å². The molecule has 1 heterocycles. The molecule has 0 aromatic carbocycles. The highest BCUT2D eigenvalue weighted by Gasteiger charge is 2.37. The highest BCUT2D eigenvalue weighted by molar-refractivity contribution is 5.94. The number of aliphatic imine (C=N–C) groups is 2. The Morgan fingerprint density at radius 3 is 1.98 bits per heavy atom. The monoisotopic (exact) mass is 683 g/mol. The number of nitrogens with zero attached hydrogens (tertiary/aromatic N) is 3.